The van der Waals surface area contributed by atoms with Crippen LogP contribution in [-0.4, -0.2) is 49.1 Å². The van der Waals surface area contributed by atoms with Gasteiger partial charge < -0.3 is 15.0 Å². The number of thioether (sulfide) groups is 1. The summed E-state index contributed by atoms with van der Waals surface area (Å²) in [5.74, 6) is 2.36. The van der Waals surface area contributed by atoms with Crippen LogP contribution in [0.4, 0.5) is 0 Å². The van der Waals surface area contributed by atoms with Crippen LogP contribution in [0.5, 0.6) is 5.75 Å². The average Bonchev–Trinajstić information content (AvgIpc) is 2.93. The van der Waals surface area contributed by atoms with Gasteiger partial charge in [0.2, 0.25) is 5.91 Å². The van der Waals surface area contributed by atoms with E-state index in [4.69, 9.17) is 4.74 Å². The van der Waals surface area contributed by atoms with E-state index in [9.17, 15) is 4.79 Å². The van der Waals surface area contributed by atoms with Crippen molar-refractivity contribution in [2.45, 2.75) is 38.3 Å². The van der Waals surface area contributed by atoms with Crippen LogP contribution in [0, 0.1) is 0 Å². The summed E-state index contributed by atoms with van der Waals surface area (Å²) >= 11 is 1.85. The van der Waals surface area contributed by atoms with Crippen molar-refractivity contribution in [2.24, 2.45) is 0 Å². The van der Waals surface area contributed by atoms with Gasteiger partial charge in [0.1, 0.15) is 5.75 Å². The molecule has 1 heterocycles. The standard InChI is InChI=1S/C18H28N2O2S/c1-22-17-7-4-15(5-8-17)14-19-11-10-16-6-9-18(21)20(16)12-3-13-23-2/h4-5,7-8,16,19H,3,6,9-14H2,1-2H3. The molecule has 1 aromatic carbocycles. The molecular formula is C18H28N2O2S. The third-order valence-electron chi connectivity index (χ3n) is 4.34. The van der Waals surface area contributed by atoms with E-state index in [1.807, 2.05) is 23.9 Å². The maximum absolute atomic E-state index is 12.0. The molecule has 23 heavy (non-hydrogen) atoms. The largest absolute Gasteiger partial charge is 0.497 e. The van der Waals surface area contributed by atoms with E-state index >= 15 is 0 Å². The number of ether oxygens (including phenoxy) is 1. The Hall–Kier alpha value is -1.20. The highest BCUT2D eigenvalue weighted by atomic mass is 32.2. The summed E-state index contributed by atoms with van der Waals surface area (Å²) < 4.78 is 5.17. The fraction of sp³-hybridized carbons (Fsp3) is 0.611. The fourth-order valence-electron chi connectivity index (χ4n) is 3.02. The predicted octanol–water partition coefficient (Wildman–Crippen LogP) is 2.92. The second-order valence-corrected chi connectivity index (χ2v) is 6.93. The van der Waals surface area contributed by atoms with Gasteiger partial charge in [-0.3, -0.25) is 4.79 Å². The molecule has 0 spiro atoms. The molecule has 5 heteroatoms. The molecule has 0 aliphatic carbocycles. The third kappa shape index (κ3) is 5.74. The molecule has 128 valence electrons. The number of hydrogen-bond donors (Lipinski definition) is 1. The number of carbonyl (C=O) groups is 1. The first kappa shape index (κ1) is 18.1. The molecule has 1 fully saturated rings. The number of methoxy groups -OCH3 is 1. The second-order valence-electron chi connectivity index (χ2n) is 5.94. The maximum atomic E-state index is 12.0. The number of amides is 1. The number of likely N-dealkylation sites (tertiary alicyclic amines) is 1. The van der Waals surface area contributed by atoms with E-state index in [2.05, 4.69) is 28.6 Å². The van der Waals surface area contributed by atoms with Crippen molar-refractivity contribution < 1.29 is 9.53 Å². The normalized spacial score (nSPS) is 17.7. The molecule has 1 N–H and O–H groups in total. The van der Waals surface area contributed by atoms with Crippen molar-refractivity contribution in [3.05, 3.63) is 29.8 Å². The summed E-state index contributed by atoms with van der Waals surface area (Å²) in [7, 11) is 1.68. The zero-order valence-corrected chi connectivity index (χ0v) is 15.0. The van der Waals surface area contributed by atoms with Crippen molar-refractivity contribution in [3.63, 3.8) is 0 Å². The zero-order valence-electron chi connectivity index (χ0n) is 14.2. The zero-order chi connectivity index (χ0) is 16.5. The number of hydrogen-bond acceptors (Lipinski definition) is 4. The molecule has 0 aromatic heterocycles. The highest BCUT2D eigenvalue weighted by molar-refractivity contribution is 7.98. The predicted molar refractivity (Wildman–Crippen MR) is 97.1 cm³/mol. The summed E-state index contributed by atoms with van der Waals surface area (Å²) in [5, 5.41) is 3.49. The molecule has 1 saturated heterocycles. The summed E-state index contributed by atoms with van der Waals surface area (Å²) in [5.41, 5.74) is 1.25. The van der Waals surface area contributed by atoms with Gasteiger partial charge in [0, 0.05) is 25.6 Å². The van der Waals surface area contributed by atoms with Crippen LogP contribution < -0.4 is 10.1 Å². The van der Waals surface area contributed by atoms with Gasteiger partial charge in [-0.2, -0.15) is 11.8 Å². The third-order valence-corrected chi connectivity index (χ3v) is 5.04. The van der Waals surface area contributed by atoms with Crippen LogP contribution in [0.25, 0.3) is 0 Å². The topological polar surface area (TPSA) is 41.6 Å². The molecule has 4 nitrogen and oxygen atoms in total. The van der Waals surface area contributed by atoms with E-state index in [-0.39, 0.29) is 0 Å². The van der Waals surface area contributed by atoms with Crippen LogP contribution in [-0.2, 0) is 11.3 Å². The first-order valence-electron chi connectivity index (χ1n) is 8.36. The number of rotatable bonds is 10. The monoisotopic (exact) mass is 336 g/mol. The lowest BCUT2D eigenvalue weighted by Gasteiger charge is -2.25. The summed E-state index contributed by atoms with van der Waals surface area (Å²) in [4.78, 5) is 14.1. The Morgan fingerprint density at radius 2 is 2.13 bits per heavy atom. The van der Waals surface area contributed by atoms with E-state index in [1.54, 1.807) is 7.11 Å². The van der Waals surface area contributed by atoms with Crippen molar-refractivity contribution in [1.29, 1.82) is 0 Å². The van der Waals surface area contributed by atoms with E-state index < -0.39 is 0 Å². The van der Waals surface area contributed by atoms with Gasteiger partial charge in [-0.05, 0) is 55.5 Å². The molecule has 1 aliphatic rings. The Morgan fingerprint density at radius 3 is 2.83 bits per heavy atom. The van der Waals surface area contributed by atoms with Gasteiger partial charge in [-0.25, -0.2) is 0 Å². The minimum atomic E-state index is 0.339. The smallest absolute Gasteiger partial charge is 0.222 e. The Labute approximate surface area is 144 Å². The Bertz CT molecular complexity index is 478. The molecular weight excluding hydrogens is 308 g/mol. The van der Waals surface area contributed by atoms with Gasteiger partial charge in [0.15, 0.2) is 0 Å². The first-order valence-corrected chi connectivity index (χ1v) is 9.76. The molecule has 1 amide bonds. The number of carbonyl (C=O) groups excluding carboxylic acids is 1. The summed E-state index contributed by atoms with van der Waals surface area (Å²) in [6.07, 6.45) is 6.00. The number of nitrogens with zero attached hydrogens (tertiary/aromatic N) is 1. The molecule has 2 rings (SSSR count). The van der Waals surface area contributed by atoms with Crippen molar-refractivity contribution in [3.8, 4) is 5.75 Å². The lowest BCUT2D eigenvalue weighted by Crippen LogP contribution is -2.36. The molecule has 1 unspecified atom stereocenters. The van der Waals surface area contributed by atoms with Gasteiger partial charge in [-0.1, -0.05) is 12.1 Å². The molecule has 1 aromatic rings. The number of nitrogens with one attached hydrogen (secondary N) is 1. The second kappa shape index (κ2) is 9.83. The van der Waals surface area contributed by atoms with Crippen LogP contribution in [0.3, 0.4) is 0 Å². The van der Waals surface area contributed by atoms with Crippen LogP contribution in [0.1, 0.15) is 31.2 Å². The lowest BCUT2D eigenvalue weighted by molar-refractivity contribution is -0.129. The maximum Gasteiger partial charge on any atom is 0.222 e. The summed E-state index contributed by atoms with van der Waals surface area (Å²) in [6.45, 7) is 2.73. The molecule has 0 saturated carbocycles. The van der Waals surface area contributed by atoms with Gasteiger partial charge >= 0.3 is 0 Å². The minimum Gasteiger partial charge on any atom is -0.497 e. The molecule has 1 aliphatic heterocycles. The van der Waals surface area contributed by atoms with Gasteiger partial charge in [-0.15, -0.1) is 0 Å². The Kier molecular flexibility index (Phi) is 7.76. The quantitative estimate of drug-likeness (QED) is 0.667. The highest BCUT2D eigenvalue weighted by Crippen LogP contribution is 2.21. The van der Waals surface area contributed by atoms with E-state index in [1.165, 1.54) is 5.56 Å². The summed E-state index contributed by atoms with van der Waals surface area (Å²) in [6, 6.07) is 8.56. The average molecular weight is 337 g/mol. The Balaban J connectivity index is 1.68. The molecule has 0 bridgehead atoms. The molecule has 1 atom stereocenters. The van der Waals surface area contributed by atoms with Crippen molar-refractivity contribution >= 4 is 17.7 Å². The Morgan fingerprint density at radius 1 is 1.35 bits per heavy atom. The van der Waals surface area contributed by atoms with Crippen molar-refractivity contribution in [1.82, 2.24) is 10.2 Å². The minimum absolute atomic E-state index is 0.339. The van der Waals surface area contributed by atoms with Crippen LogP contribution in [0.15, 0.2) is 24.3 Å². The fourth-order valence-corrected chi connectivity index (χ4v) is 3.44. The van der Waals surface area contributed by atoms with Crippen molar-refractivity contribution in [2.75, 3.05) is 32.2 Å². The van der Waals surface area contributed by atoms with Gasteiger partial charge in [0.25, 0.3) is 0 Å². The highest BCUT2D eigenvalue weighted by Gasteiger charge is 2.29. The molecule has 0 radical (unpaired) electrons. The van der Waals surface area contributed by atoms with Crippen LogP contribution >= 0.6 is 11.8 Å². The van der Waals surface area contributed by atoms with E-state index in [0.717, 1.165) is 56.8 Å². The first-order chi connectivity index (χ1) is 11.2. The van der Waals surface area contributed by atoms with Crippen LogP contribution in [0.2, 0.25) is 0 Å². The number of benzene rings is 1. The van der Waals surface area contributed by atoms with Gasteiger partial charge in [0.05, 0.1) is 7.11 Å². The lowest BCUT2D eigenvalue weighted by atomic mass is 10.1. The van der Waals surface area contributed by atoms with E-state index in [0.29, 0.717) is 11.9 Å². The SMILES string of the molecule is COc1ccc(CNCCC2CCC(=O)N2CCCSC)cc1.